The minimum absolute atomic E-state index is 0.134. The maximum Gasteiger partial charge on any atom is 0.437 e. The summed E-state index contributed by atoms with van der Waals surface area (Å²) < 4.78 is 13.0. The lowest BCUT2D eigenvalue weighted by molar-refractivity contribution is 0.467. The van der Waals surface area contributed by atoms with Gasteiger partial charge in [0, 0.05) is 6.54 Å². The molecule has 3 heterocycles. The van der Waals surface area contributed by atoms with Crippen LogP contribution in [-0.2, 0) is 13.1 Å². The zero-order valence-electron chi connectivity index (χ0n) is 10.8. The summed E-state index contributed by atoms with van der Waals surface area (Å²) in [5, 5.41) is 15.4. The van der Waals surface area contributed by atoms with Gasteiger partial charge in [-0.3, -0.25) is 0 Å². The zero-order valence-corrected chi connectivity index (χ0v) is 10.8. The second-order valence-electron chi connectivity index (χ2n) is 4.13. The van der Waals surface area contributed by atoms with Gasteiger partial charge >= 0.3 is 5.76 Å². The number of furan rings is 1. The van der Waals surface area contributed by atoms with E-state index in [1.807, 2.05) is 6.92 Å². The maximum atomic E-state index is 11.7. The number of tetrazole rings is 1. The van der Waals surface area contributed by atoms with Gasteiger partial charge in [-0.05, 0) is 29.0 Å². The Morgan fingerprint density at radius 2 is 2.25 bits per heavy atom. The summed E-state index contributed by atoms with van der Waals surface area (Å²) >= 11 is 0. The van der Waals surface area contributed by atoms with Gasteiger partial charge in [-0.2, -0.15) is 4.68 Å². The Balaban J connectivity index is 1.88. The first-order chi connectivity index (χ1) is 9.78. The molecule has 3 aromatic heterocycles. The predicted molar refractivity (Wildman–Crippen MR) is 65.7 cm³/mol. The summed E-state index contributed by atoms with van der Waals surface area (Å²) in [6, 6.07) is 3.35. The van der Waals surface area contributed by atoms with Crippen LogP contribution in [0.1, 0.15) is 19.2 Å². The third-order valence-corrected chi connectivity index (χ3v) is 2.67. The van der Waals surface area contributed by atoms with E-state index in [1.165, 1.54) is 6.26 Å². The van der Waals surface area contributed by atoms with Gasteiger partial charge in [0.15, 0.2) is 11.6 Å². The van der Waals surface area contributed by atoms with Crippen molar-refractivity contribution >= 4 is 0 Å². The first kappa shape index (κ1) is 12.3. The molecule has 0 aliphatic carbocycles. The van der Waals surface area contributed by atoms with E-state index in [4.69, 9.17) is 8.83 Å². The van der Waals surface area contributed by atoms with E-state index in [2.05, 4.69) is 20.6 Å². The average Bonchev–Trinajstić information content (AvgIpc) is 3.13. The Labute approximate surface area is 112 Å². The molecule has 20 heavy (non-hydrogen) atoms. The number of hydrogen-bond donors (Lipinski definition) is 0. The maximum absolute atomic E-state index is 11.7. The molecule has 0 bridgehead atoms. The molecule has 0 aliphatic rings. The molecule has 0 atom stereocenters. The fourth-order valence-corrected chi connectivity index (χ4v) is 1.76. The Kier molecular flexibility index (Phi) is 3.15. The Morgan fingerprint density at radius 3 is 3.00 bits per heavy atom. The highest BCUT2D eigenvalue weighted by Gasteiger charge is 2.15. The highest BCUT2D eigenvalue weighted by Crippen LogP contribution is 2.15. The number of rotatable bonds is 5. The summed E-state index contributed by atoms with van der Waals surface area (Å²) in [6.45, 7) is 2.85. The smallest absolute Gasteiger partial charge is 0.437 e. The highest BCUT2D eigenvalue weighted by molar-refractivity contribution is 5.42. The van der Waals surface area contributed by atoms with Crippen LogP contribution in [0.3, 0.4) is 0 Å². The fraction of sp³-hybridized carbons (Fsp3) is 0.364. The normalized spacial score (nSPS) is 11.1. The second-order valence-corrected chi connectivity index (χ2v) is 4.13. The molecule has 0 N–H and O–H groups in total. The minimum atomic E-state index is -0.581. The van der Waals surface area contributed by atoms with E-state index in [9.17, 15) is 4.79 Å². The Bertz CT molecular complexity index is 738. The standard InChI is InChI=1S/C11H12N6O3/c1-2-5-16-9(12-14-15-16)7-17-11(18)20-10(13-17)8-4-3-6-19-8/h3-4,6H,2,5,7H2,1H3. The van der Waals surface area contributed by atoms with Gasteiger partial charge in [0.05, 0.1) is 6.26 Å². The van der Waals surface area contributed by atoms with Gasteiger partial charge in [0.2, 0.25) is 0 Å². The lowest BCUT2D eigenvalue weighted by Crippen LogP contribution is -2.19. The van der Waals surface area contributed by atoms with Crippen LogP contribution in [0.15, 0.2) is 32.0 Å². The van der Waals surface area contributed by atoms with Crippen LogP contribution in [-0.4, -0.2) is 30.0 Å². The van der Waals surface area contributed by atoms with Crippen LogP contribution in [0.2, 0.25) is 0 Å². The van der Waals surface area contributed by atoms with Crippen molar-refractivity contribution in [1.82, 2.24) is 30.0 Å². The van der Waals surface area contributed by atoms with E-state index in [0.29, 0.717) is 18.1 Å². The van der Waals surface area contributed by atoms with Crippen molar-refractivity contribution in [2.45, 2.75) is 26.4 Å². The first-order valence-electron chi connectivity index (χ1n) is 6.15. The van der Waals surface area contributed by atoms with Gasteiger partial charge in [-0.1, -0.05) is 6.92 Å². The lowest BCUT2D eigenvalue weighted by atomic mass is 10.4. The van der Waals surface area contributed by atoms with Crippen molar-refractivity contribution in [2.24, 2.45) is 0 Å². The summed E-state index contributed by atoms with van der Waals surface area (Å²) in [4.78, 5) is 11.7. The quantitative estimate of drug-likeness (QED) is 0.669. The van der Waals surface area contributed by atoms with Crippen LogP contribution in [0.25, 0.3) is 11.7 Å². The summed E-state index contributed by atoms with van der Waals surface area (Å²) in [5.74, 6) is 0.499. The molecule has 104 valence electrons. The summed E-state index contributed by atoms with van der Waals surface area (Å²) in [5.41, 5.74) is 0. The van der Waals surface area contributed by atoms with Crippen molar-refractivity contribution in [3.8, 4) is 11.7 Å². The molecule has 0 aliphatic heterocycles. The first-order valence-corrected chi connectivity index (χ1v) is 6.15. The molecular formula is C11H12N6O3. The molecule has 0 spiro atoms. The van der Waals surface area contributed by atoms with Gasteiger partial charge in [0.1, 0.15) is 6.54 Å². The molecule has 9 nitrogen and oxygen atoms in total. The van der Waals surface area contributed by atoms with Crippen LogP contribution < -0.4 is 5.76 Å². The Morgan fingerprint density at radius 1 is 1.35 bits per heavy atom. The second kappa shape index (κ2) is 5.11. The molecule has 0 radical (unpaired) electrons. The van der Waals surface area contributed by atoms with Crippen molar-refractivity contribution in [2.75, 3.05) is 0 Å². The van der Waals surface area contributed by atoms with Crippen molar-refractivity contribution < 1.29 is 8.83 Å². The van der Waals surface area contributed by atoms with Crippen molar-refractivity contribution in [3.63, 3.8) is 0 Å². The number of aryl methyl sites for hydroxylation is 1. The van der Waals surface area contributed by atoms with Crippen LogP contribution in [0.5, 0.6) is 0 Å². The third-order valence-electron chi connectivity index (χ3n) is 2.67. The monoisotopic (exact) mass is 276 g/mol. The zero-order chi connectivity index (χ0) is 13.9. The number of hydrogen-bond acceptors (Lipinski definition) is 7. The van der Waals surface area contributed by atoms with Gasteiger partial charge < -0.3 is 8.83 Å². The van der Waals surface area contributed by atoms with E-state index in [-0.39, 0.29) is 12.4 Å². The van der Waals surface area contributed by atoms with E-state index < -0.39 is 5.76 Å². The number of aromatic nitrogens is 6. The molecule has 0 saturated heterocycles. The van der Waals surface area contributed by atoms with E-state index in [1.54, 1.807) is 16.8 Å². The van der Waals surface area contributed by atoms with Crippen LogP contribution in [0, 0.1) is 0 Å². The largest absolute Gasteiger partial charge is 0.459 e. The molecule has 3 aromatic rings. The summed E-state index contributed by atoms with van der Waals surface area (Å²) in [6.07, 6.45) is 2.37. The Hall–Kier alpha value is -2.71. The SMILES string of the molecule is CCCn1nnnc1Cn1nc(-c2ccco2)oc1=O. The topological polar surface area (TPSA) is 105 Å². The fourth-order valence-electron chi connectivity index (χ4n) is 1.76. The van der Waals surface area contributed by atoms with Crippen molar-refractivity contribution in [3.05, 3.63) is 34.8 Å². The van der Waals surface area contributed by atoms with E-state index in [0.717, 1.165) is 11.1 Å². The number of nitrogens with zero attached hydrogens (tertiary/aromatic N) is 6. The van der Waals surface area contributed by atoms with Crippen LogP contribution in [0.4, 0.5) is 0 Å². The molecule has 0 unspecified atom stereocenters. The molecule has 0 amide bonds. The molecule has 0 saturated carbocycles. The average molecular weight is 276 g/mol. The molecule has 0 fully saturated rings. The van der Waals surface area contributed by atoms with Gasteiger partial charge in [-0.25, -0.2) is 9.48 Å². The van der Waals surface area contributed by atoms with Crippen LogP contribution >= 0.6 is 0 Å². The third kappa shape index (κ3) is 2.25. The molecular weight excluding hydrogens is 264 g/mol. The minimum Gasteiger partial charge on any atom is -0.459 e. The van der Waals surface area contributed by atoms with E-state index >= 15 is 0 Å². The van der Waals surface area contributed by atoms with Gasteiger partial charge in [0.25, 0.3) is 5.89 Å². The predicted octanol–water partition coefficient (Wildman–Crippen LogP) is 0.541. The molecule has 9 heteroatoms. The van der Waals surface area contributed by atoms with Gasteiger partial charge in [-0.15, -0.1) is 10.2 Å². The molecule has 3 rings (SSSR count). The lowest BCUT2D eigenvalue weighted by Gasteiger charge is -2.00. The molecule has 0 aromatic carbocycles. The van der Waals surface area contributed by atoms with Crippen molar-refractivity contribution in [1.29, 1.82) is 0 Å². The highest BCUT2D eigenvalue weighted by atomic mass is 16.4. The summed E-state index contributed by atoms with van der Waals surface area (Å²) in [7, 11) is 0.